The number of anilines is 2. The Kier molecular flexibility index (Phi) is 8.91. The molecular weight excluding hydrogens is 584 g/mol. The average molecular weight is 600 g/mol. The van der Waals surface area contributed by atoms with Crippen molar-refractivity contribution in [2.45, 2.75) is 17.2 Å². The van der Waals surface area contributed by atoms with E-state index in [1.54, 1.807) is 24.3 Å². The highest BCUT2D eigenvalue weighted by Gasteiger charge is 2.37. The van der Waals surface area contributed by atoms with Crippen LogP contribution in [0, 0.1) is 0 Å². The number of alkyl halides is 2. The Morgan fingerprint density at radius 3 is 1.85 bits per heavy atom. The molecule has 0 aliphatic heterocycles. The standard InChI is InChI=1S/C23H15Cl7N2O2/c1-23(29,30)20(11-6-12(24)8-13(25)7-11)22(34)32-14-2-4-17(26)16(9-14)21(33)31-15-3-5-18(27)19(28)10-15/h2-10,20H,1H3,(H,31,33)(H,32,34). The topological polar surface area (TPSA) is 58.2 Å². The summed E-state index contributed by atoms with van der Waals surface area (Å²) in [5, 5.41) is 6.86. The van der Waals surface area contributed by atoms with Gasteiger partial charge in [-0.3, -0.25) is 9.59 Å². The van der Waals surface area contributed by atoms with Gasteiger partial charge >= 0.3 is 0 Å². The van der Waals surface area contributed by atoms with Crippen LogP contribution in [0.1, 0.15) is 28.8 Å². The van der Waals surface area contributed by atoms with Gasteiger partial charge in [0.15, 0.2) is 0 Å². The first-order chi connectivity index (χ1) is 15.8. The summed E-state index contributed by atoms with van der Waals surface area (Å²) >= 11 is 43.0. The van der Waals surface area contributed by atoms with Crippen LogP contribution in [0.3, 0.4) is 0 Å². The molecule has 0 saturated carbocycles. The second kappa shape index (κ2) is 11.1. The summed E-state index contributed by atoms with van der Waals surface area (Å²) in [5.41, 5.74) is 1.26. The minimum Gasteiger partial charge on any atom is -0.325 e. The lowest BCUT2D eigenvalue weighted by Gasteiger charge is -2.26. The lowest BCUT2D eigenvalue weighted by atomic mass is 9.94. The predicted molar refractivity (Wildman–Crippen MR) is 144 cm³/mol. The number of carbonyl (C=O) groups is 2. The fraction of sp³-hybridized carbons (Fsp3) is 0.130. The molecule has 3 aromatic rings. The van der Waals surface area contributed by atoms with Gasteiger partial charge in [-0.2, -0.15) is 0 Å². The number of benzene rings is 3. The van der Waals surface area contributed by atoms with Gasteiger partial charge in [0, 0.05) is 21.4 Å². The molecule has 3 aromatic carbocycles. The van der Waals surface area contributed by atoms with Crippen molar-refractivity contribution in [2.75, 3.05) is 10.6 Å². The molecule has 11 heteroatoms. The van der Waals surface area contributed by atoms with Crippen LogP contribution >= 0.6 is 81.2 Å². The van der Waals surface area contributed by atoms with Crippen LogP contribution in [0.15, 0.2) is 54.6 Å². The Morgan fingerprint density at radius 1 is 0.735 bits per heavy atom. The van der Waals surface area contributed by atoms with Crippen molar-refractivity contribution in [3.8, 4) is 0 Å². The normalized spacial score (nSPS) is 12.2. The molecule has 0 aromatic heterocycles. The molecule has 0 saturated heterocycles. The minimum absolute atomic E-state index is 0.118. The SMILES string of the molecule is CC(Cl)(Cl)C(C(=O)Nc1ccc(Cl)c(C(=O)Nc2ccc(Cl)c(Cl)c2)c1)c1cc(Cl)cc(Cl)c1. The summed E-state index contributed by atoms with van der Waals surface area (Å²) < 4.78 is -1.50. The van der Waals surface area contributed by atoms with Gasteiger partial charge in [-0.05, 0) is 67.1 Å². The van der Waals surface area contributed by atoms with Crippen molar-refractivity contribution in [3.05, 3.63) is 90.8 Å². The number of carbonyl (C=O) groups excluding carboxylic acids is 2. The Balaban J connectivity index is 1.87. The summed E-state index contributed by atoms with van der Waals surface area (Å²) in [7, 11) is 0. The zero-order valence-electron chi connectivity index (χ0n) is 17.2. The van der Waals surface area contributed by atoms with Gasteiger partial charge in [0.1, 0.15) is 4.33 Å². The van der Waals surface area contributed by atoms with E-state index in [0.717, 1.165) is 0 Å². The molecular formula is C23H15Cl7N2O2. The quantitative estimate of drug-likeness (QED) is 0.278. The lowest BCUT2D eigenvalue weighted by Crippen LogP contribution is -2.32. The summed E-state index contributed by atoms with van der Waals surface area (Å²) in [6.45, 7) is 1.48. The maximum absolute atomic E-state index is 13.2. The zero-order valence-corrected chi connectivity index (χ0v) is 22.5. The van der Waals surface area contributed by atoms with Crippen molar-refractivity contribution in [1.82, 2.24) is 0 Å². The van der Waals surface area contributed by atoms with Gasteiger partial charge in [-0.15, -0.1) is 23.2 Å². The molecule has 0 fully saturated rings. The Labute approximate surface area is 231 Å². The first kappa shape index (κ1) is 27.2. The van der Waals surface area contributed by atoms with E-state index in [2.05, 4.69) is 10.6 Å². The highest BCUT2D eigenvalue weighted by atomic mass is 35.5. The van der Waals surface area contributed by atoms with Gasteiger partial charge in [0.25, 0.3) is 5.91 Å². The first-order valence-corrected chi connectivity index (χ1v) is 12.2. The molecule has 0 aliphatic rings. The first-order valence-electron chi connectivity index (χ1n) is 9.56. The predicted octanol–water partition coefficient (Wildman–Crippen LogP) is 9.12. The molecule has 0 spiro atoms. The number of nitrogens with one attached hydrogen (secondary N) is 2. The number of hydrogen-bond acceptors (Lipinski definition) is 2. The van der Waals surface area contributed by atoms with E-state index in [-0.39, 0.29) is 15.6 Å². The Morgan fingerprint density at radius 2 is 1.29 bits per heavy atom. The molecule has 1 unspecified atom stereocenters. The van der Waals surface area contributed by atoms with Crippen LogP contribution in [0.4, 0.5) is 11.4 Å². The maximum atomic E-state index is 13.2. The molecule has 34 heavy (non-hydrogen) atoms. The maximum Gasteiger partial charge on any atom is 0.257 e. The number of rotatable bonds is 6. The third-order valence-corrected chi connectivity index (χ3v) is 6.58. The van der Waals surface area contributed by atoms with Gasteiger partial charge < -0.3 is 10.6 Å². The van der Waals surface area contributed by atoms with E-state index in [9.17, 15) is 9.59 Å². The summed E-state index contributed by atoms with van der Waals surface area (Å²) in [6, 6.07) is 13.7. The van der Waals surface area contributed by atoms with E-state index in [1.807, 2.05) is 0 Å². The van der Waals surface area contributed by atoms with Gasteiger partial charge in [-0.1, -0.05) is 58.0 Å². The molecule has 3 rings (SSSR count). The lowest BCUT2D eigenvalue weighted by molar-refractivity contribution is -0.117. The van der Waals surface area contributed by atoms with E-state index in [1.165, 1.54) is 37.3 Å². The zero-order chi connectivity index (χ0) is 25.2. The Bertz CT molecular complexity index is 1240. The largest absolute Gasteiger partial charge is 0.325 e. The molecule has 0 bridgehead atoms. The van der Waals surface area contributed by atoms with E-state index in [0.29, 0.717) is 32.0 Å². The van der Waals surface area contributed by atoms with Crippen molar-refractivity contribution in [1.29, 1.82) is 0 Å². The van der Waals surface area contributed by atoms with E-state index >= 15 is 0 Å². The number of hydrogen-bond donors (Lipinski definition) is 2. The summed E-state index contributed by atoms with van der Waals surface area (Å²) in [6.07, 6.45) is 0. The second-order valence-electron chi connectivity index (χ2n) is 7.36. The fourth-order valence-corrected chi connectivity index (χ4v) is 4.67. The third kappa shape index (κ3) is 6.86. The number of amides is 2. The van der Waals surface area contributed by atoms with Gasteiger partial charge in [0.05, 0.1) is 26.5 Å². The second-order valence-corrected chi connectivity index (χ2v) is 11.2. The van der Waals surface area contributed by atoms with Crippen LogP contribution in [0.2, 0.25) is 25.1 Å². The average Bonchev–Trinajstić information content (AvgIpc) is 2.70. The Hall–Kier alpha value is -1.37. The van der Waals surface area contributed by atoms with E-state index < -0.39 is 22.1 Å². The van der Waals surface area contributed by atoms with Crippen molar-refractivity contribution in [2.24, 2.45) is 0 Å². The highest BCUT2D eigenvalue weighted by Crippen LogP contribution is 2.40. The summed E-state index contributed by atoms with van der Waals surface area (Å²) in [4.78, 5) is 26.0. The van der Waals surface area contributed by atoms with Gasteiger partial charge in [0.2, 0.25) is 5.91 Å². The minimum atomic E-state index is -1.50. The van der Waals surface area contributed by atoms with Gasteiger partial charge in [-0.25, -0.2) is 0 Å². The molecule has 2 N–H and O–H groups in total. The molecule has 0 aliphatic carbocycles. The molecule has 4 nitrogen and oxygen atoms in total. The van der Waals surface area contributed by atoms with Crippen molar-refractivity contribution < 1.29 is 9.59 Å². The van der Waals surface area contributed by atoms with Crippen LogP contribution < -0.4 is 10.6 Å². The molecule has 2 amide bonds. The van der Waals surface area contributed by atoms with Crippen LogP contribution in [-0.4, -0.2) is 16.1 Å². The summed E-state index contributed by atoms with van der Waals surface area (Å²) in [5.74, 6) is -2.09. The molecule has 1 atom stereocenters. The number of halogens is 7. The molecule has 0 radical (unpaired) electrons. The van der Waals surface area contributed by atoms with Crippen molar-refractivity contribution >= 4 is 104 Å². The van der Waals surface area contributed by atoms with Crippen LogP contribution in [0.25, 0.3) is 0 Å². The monoisotopic (exact) mass is 596 g/mol. The third-order valence-electron chi connectivity index (χ3n) is 4.64. The molecule has 178 valence electrons. The smallest absolute Gasteiger partial charge is 0.257 e. The van der Waals surface area contributed by atoms with Crippen LogP contribution in [-0.2, 0) is 4.79 Å². The highest BCUT2D eigenvalue weighted by molar-refractivity contribution is 6.50. The fourth-order valence-electron chi connectivity index (χ4n) is 3.18. The van der Waals surface area contributed by atoms with E-state index in [4.69, 9.17) is 81.2 Å². The van der Waals surface area contributed by atoms with Crippen molar-refractivity contribution in [3.63, 3.8) is 0 Å². The van der Waals surface area contributed by atoms with Crippen LogP contribution in [0.5, 0.6) is 0 Å². The molecule has 0 heterocycles.